The number of benzene rings is 2. The summed E-state index contributed by atoms with van der Waals surface area (Å²) in [6.07, 6.45) is 0. The largest absolute Gasteiger partial charge is 0.497 e. The number of carbonyl (C=O) groups excluding carboxylic acids is 2. The first-order valence-electron chi connectivity index (χ1n) is 10.3. The molecule has 0 fully saturated rings. The highest BCUT2D eigenvalue weighted by Crippen LogP contribution is 2.32. The van der Waals surface area contributed by atoms with E-state index in [-0.39, 0.29) is 22.7 Å². The van der Waals surface area contributed by atoms with Gasteiger partial charge in [0.2, 0.25) is 0 Å². The van der Waals surface area contributed by atoms with Crippen molar-refractivity contribution in [1.82, 2.24) is 9.78 Å². The Hall–Kier alpha value is -4.18. The fraction of sp³-hybridized carbons (Fsp3) is 0.167. The van der Waals surface area contributed by atoms with Crippen LogP contribution in [0.1, 0.15) is 27.8 Å². The third-order valence-electron chi connectivity index (χ3n) is 5.00. The van der Waals surface area contributed by atoms with E-state index in [1.54, 1.807) is 60.8 Å². The number of fused-ring (bicyclic) bond motifs is 1. The minimum Gasteiger partial charge on any atom is -0.497 e. The number of carbonyl (C=O) groups is 2. The molecular formula is C24H21N3O6S. The quantitative estimate of drug-likeness (QED) is 0.401. The van der Waals surface area contributed by atoms with E-state index in [1.165, 1.54) is 14.2 Å². The Balaban J connectivity index is 1.89. The molecule has 0 spiro atoms. The fourth-order valence-corrected chi connectivity index (χ4v) is 4.34. The molecule has 0 atom stereocenters. The highest BCUT2D eigenvalue weighted by molar-refractivity contribution is 7.16. The molecule has 2 heterocycles. The van der Waals surface area contributed by atoms with Gasteiger partial charge in [-0.2, -0.15) is 9.78 Å². The van der Waals surface area contributed by atoms with Crippen LogP contribution in [0.5, 0.6) is 11.5 Å². The number of amides is 1. The molecule has 0 saturated heterocycles. The number of rotatable bonds is 7. The average molecular weight is 480 g/mol. The van der Waals surface area contributed by atoms with Gasteiger partial charge in [0.25, 0.3) is 11.5 Å². The number of methoxy groups -OCH3 is 2. The maximum absolute atomic E-state index is 13.5. The molecule has 0 aliphatic carbocycles. The number of nitrogens with zero attached hydrogens (tertiary/aromatic N) is 2. The Labute approximate surface area is 198 Å². The summed E-state index contributed by atoms with van der Waals surface area (Å²) in [6, 6.07) is 13.5. The van der Waals surface area contributed by atoms with Crippen LogP contribution in [0.4, 0.5) is 5.00 Å². The molecule has 34 heavy (non-hydrogen) atoms. The van der Waals surface area contributed by atoms with Gasteiger partial charge in [0, 0.05) is 16.8 Å². The molecule has 9 nitrogen and oxygen atoms in total. The standard InChI is InChI=1S/C24H21N3O6S/c1-4-33-24(30)20-17-13-34-22(25-21(28)16-10-5-6-11-18(16)32-3)19(17)23(29)27(26-20)14-8-7-9-15(12-14)31-2/h5-13H,4H2,1-3H3,(H,25,28). The van der Waals surface area contributed by atoms with E-state index >= 15 is 0 Å². The van der Waals surface area contributed by atoms with E-state index in [0.29, 0.717) is 28.1 Å². The van der Waals surface area contributed by atoms with Crippen LogP contribution in [0, 0.1) is 0 Å². The van der Waals surface area contributed by atoms with E-state index in [2.05, 4.69) is 10.4 Å². The Kier molecular flexibility index (Phi) is 6.60. The number of para-hydroxylation sites is 1. The number of esters is 1. The van der Waals surface area contributed by atoms with E-state index in [9.17, 15) is 14.4 Å². The topological polar surface area (TPSA) is 109 Å². The van der Waals surface area contributed by atoms with Crippen LogP contribution in [0.25, 0.3) is 16.5 Å². The SMILES string of the molecule is CCOC(=O)c1nn(-c2cccc(OC)c2)c(=O)c2c(NC(=O)c3ccccc3OC)scc12. The number of hydrogen-bond acceptors (Lipinski definition) is 8. The second-order valence-electron chi connectivity index (χ2n) is 7.00. The summed E-state index contributed by atoms with van der Waals surface area (Å²) in [5, 5.41) is 9.39. The van der Waals surface area contributed by atoms with E-state index in [0.717, 1.165) is 16.0 Å². The average Bonchev–Trinajstić information content (AvgIpc) is 3.28. The van der Waals surface area contributed by atoms with Crippen molar-refractivity contribution in [3.63, 3.8) is 0 Å². The molecule has 174 valence electrons. The molecule has 0 radical (unpaired) electrons. The number of ether oxygens (including phenoxy) is 3. The molecule has 0 saturated carbocycles. The maximum atomic E-state index is 13.5. The van der Waals surface area contributed by atoms with Crippen molar-refractivity contribution in [3.05, 3.63) is 75.5 Å². The Morgan fingerprint density at radius 2 is 1.88 bits per heavy atom. The lowest BCUT2D eigenvalue weighted by molar-refractivity contribution is 0.0520. The lowest BCUT2D eigenvalue weighted by Gasteiger charge is -2.11. The molecule has 4 aromatic rings. The normalized spacial score (nSPS) is 10.7. The van der Waals surface area contributed by atoms with Gasteiger partial charge < -0.3 is 19.5 Å². The molecule has 10 heteroatoms. The summed E-state index contributed by atoms with van der Waals surface area (Å²) in [5.74, 6) is -0.227. The molecule has 1 amide bonds. The molecule has 0 bridgehead atoms. The van der Waals surface area contributed by atoms with Crippen LogP contribution in [0.15, 0.2) is 58.7 Å². The molecule has 0 unspecified atom stereocenters. The van der Waals surface area contributed by atoms with Gasteiger partial charge in [-0.25, -0.2) is 4.79 Å². The van der Waals surface area contributed by atoms with Crippen molar-refractivity contribution in [2.45, 2.75) is 6.92 Å². The van der Waals surface area contributed by atoms with Crippen molar-refractivity contribution >= 4 is 39.0 Å². The number of nitrogens with one attached hydrogen (secondary N) is 1. The highest BCUT2D eigenvalue weighted by Gasteiger charge is 2.24. The molecule has 2 aromatic carbocycles. The zero-order valence-electron chi connectivity index (χ0n) is 18.7. The second-order valence-corrected chi connectivity index (χ2v) is 7.88. The van der Waals surface area contributed by atoms with Gasteiger partial charge in [-0.15, -0.1) is 11.3 Å². The van der Waals surface area contributed by atoms with Crippen LogP contribution in [0.3, 0.4) is 0 Å². The van der Waals surface area contributed by atoms with Crippen molar-refractivity contribution in [1.29, 1.82) is 0 Å². The van der Waals surface area contributed by atoms with Crippen LogP contribution < -0.4 is 20.3 Å². The minimum atomic E-state index is -0.676. The summed E-state index contributed by atoms with van der Waals surface area (Å²) in [5.41, 5.74) is 0.158. The third-order valence-corrected chi connectivity index (χ3v) is 5.89. The molecule has 0 aliphatic rings. The van der Waals surface area contributed by atoms with Crippen LogP contribution in [-0.2, 0) is 4.74 Å². The Morgan fingerprint density at radius 1 is 1.09 bits per heavy atom. The van der Waals surface area contributed by atoms with Crippen LogP contribution in [-0.4, -0.2) is 42.5 Å². The van der Waals surface area contributed by atoms with Crippen LogP contribution >= 0.6 is 11.3 Å². The van der Waals surface area contributed by atoms with Gasteiger partial charge in [0.15, 0.2) is 5.69 Å². The lowest BCUT2D eigenvalue weighted by atomic mass is 10.2. The predicted molar refractivity (Wildman–Crippen MR) is 129 cm³/mol. The summed E-state index contributed by atoms with van der Waals surface area (Å²) < 4.78 is 16.8. The number of thiophene rings is 1. The first kappa shape index (κ1) is 23.0. The number of anilines is 1. The first-order valence-corrected chi connectivity index (χ1v) is 11.2. The molecular weight excluding hydrogens is 458 g/mol. The predicted octanol–water partition coefficient (Wildman–Crippen LogP) is 3.89. The Bertz CT molecular complexity index is 1440. The minimum absolute atomic E-state index is 0.0340. The van der Waals surface area contributed by atoms with Crippen molar-refractivity contribution in [3.8, 4) is 17.2 Å². The van der Waals surface area contributed by atoms with Crippen molar-refractivity contribution in [2.24, 2.45) is 0 Å². The van der Waals surface area contributed by atoms with Gasteiger partial charge in [-0.1, -0.05) is 18.2 Å². The van der Waals surface area contributed by atoms with Crippen molar-refractivity contribution in [2.75, 3.05) is 26.1 Å². The van der Waals surface area contributed by atoms with Crippen molar-refractivity contribution < 1.29 is 23.8 Å². The van der Waals surface area contributed by atoms with E-state index in [4.69, 9.17) is 14.2 Å². The van der Waals surface area contributed by atoms with E-state index < -0.39 is 17.4 Å². The Morgan fingerprint density at radius 3 is 2.62 bits per heavy atom. The summed E-state index contributed by atoms with van der Waals surface area (Å²) in [7, 11) is 2.98. The summed E-state index contributed by atoms with van der Waals surface area (Å²) >= 11 is 1.12. The molecule has 1 N–H and O–H groups in total. The lowest BCUT2D eigenvalue weighted by Crippen LogP contribution is -2.25. The van der Waals surface area contributed by atoms with Gasteiger partial charge in [0.1, 0.15) is 16.5 Å². The van der Waals surface area contributed by atoms with E-state index in [1.807, 2.05) is 0 Å². The third kappa shape index (κ3) is 4.23. The number of aromatic nitrogens is 2. The fourth-order valence-electron chi connectivity index (χ4n) is 3.41. The molecule has 2 aromatic heterocycles. The van der Waals surface area contributed by atoms with Crippen LogP contribution in [0.2, 0.25) is 0 Å². The second kappa shape index (κ2) is 9.75. The van der Waals surface area contributed by atoms with Gasteiger partial charge in [-0.3, -0.25) is 9.59 Å². The van der Waals surface area contributed by atoms with Gasteiger partial charge in [0.05, 0.1) is 37.5 Å². The monoisotopic (exact) mass is 479 g/mol. The molecule has 4 rings (SSSR count). The highest BCUT2D eigenvalue weighted by atomic mass is 32.1. The first-order chi connectivity index (χ1) is 16.5. The maximum Gasteiger partial charge on any atom is 0.359 e. The van der Waals surface area contributed by atoms with Gasteiger partial charge >= 0.3 is 5.97 Å². The zero-order valence-corrected chi connectivity index (χ0v) is 19.5. The zero-order chi connectivity index (χ0) is 24.2. The smallest absolute Gasteiger partial charge is 0.359 e. The summed E-state index contributed by atoms with van der Waals surface area (Å²) in [4.78, 5) is 39.2. The van der Waals surface area contributed by atoms with Gasteiger partial charge in [-0.05, 0) is 31.2 Å². The molecule has 0 aliphatic heterocycles. The number of hydrogen-bond donors (Lipinski definition) is 1. The summed E-state index contributed by atoms with van der Waals surface area (Å²) in [6.45, 7) is 1.82.